The predicted octanol–water partition coefficient (Wildman–Crippen LogP) is 11.0. The third kappa shape index (κ3) is 38.1. The van der Waals surface area contributed by atoms with Crippen molar-refractivity contribution in [3.8, 4) is 0 Å². The van der Waals surface area contributed by atoms with E-state index in [1.165, 1.54) is 51.4 Å². The fraction of sp³-hybridized carbons (Fsp3) is 0.744. The molecule has 0 bridgehead atoms. The number of hydrogen-bond acceptors (Lipinski definition) is 9. The number of hydrogen-bond donors (Lipinski definition) is 3. The van der Waals surface area contributed by atoms with Crippen LogP contribution in [0.5, 0.6) is 0 Å². The summed E-state index contributed by atoms with van der Waals surface area (Å²) in [6.07, 6.45) is 41.7. The highest BCUT2D eigenvalue weighted by molar-refractivity contribution is 7.47. The Bertz CT molecular complexity index is 1120. The molecule has 0 radical (unpaired) electrons. The van der Waals surface area contributed by atoms with Crippen LogP contribution in [-0.2, 0) is 37.5 Å². The van der Waals surface area contributed by atoms with Gasteiger partial charge >= 0.3 is 25.7 Å². The molecule has 12 heteroatoms. The summed E-state index contributed by atoms with van der Waals surface area (Å²) in [5, 5.41) is 8.88. The molecule has 1 unspecified atom stereocenters. The van der Waals surface area contributed by atoms with Gasteiger partial charge in [-0.3, -0.25) is 23.4 Å². The minimum Gasteiger partial charge on any atom is -0.480 e. The largest absolute Gasteiger partial charge is 0.480 e. The molecule has 0 fully saturated rings. The minimum atomic E-state index is -4.72. The van der Waals surface area contributed by atoms with Crippen LogP contribution in [0.3, 0.4) is 0 Å². The molecule has 0 aromatic heterocycles. The fourth-order valence-electron chi connectivity index (χ4n) is 5.42. The zero-order chi connectivity index (χ0) is 40.7. The molecule has 55 heavy (non-hydrogen) atoms. The Labute approximate surface area is 333 Å². The topological polar surface area (TPSA) is 172 Å². The number of aliphatic carboxylic acids is 1. The molecule has 0 spiro atoms. The van der Waals surface area contributed by atoms with E-state index in [-0.39, 0.29) is 19.4 Å². The fourth-order valence-corrected chi connectivity index (χ4v) is 6.20. The van der Waals surface area contributed by atoms with Gasteiger partial charge in [0.25, 0.3) is 0 Å². The molecule has 0 heterocycles. The van der Waals surface area contributed by atoms with Gasteiger partial charge in [-0.25, -0.2) is 4.57 Å². The second-order valence-electron chi connectivity index (χ2n) is 14.1. The van der Waals surface area contributed by atoms with Gasteiger partial charge in [0.2, 0.25) is 0 Å². The van der Waals surface area contributed by atoms with Crippen LogP contribution in [0, 0.1) is 0 Å². The highest BCUT2D eigenvalue weighted by Gasteiger charge is 2.28. The van der Waals surface area contributed by atoms with E-state index in [0.29, 0.717) is 12.8 Å². The summed E-state index contributed by atoms with van der Waals surface area (Å²) in [6, 6.07) is -1.53. The number of carbonyl (C=O) groups excluding carboxylic acids is 2. The second kappa shape index (κ2) is 38.3. The van der Waals surface area contributed by atoms with Crippen molar-refractivity contribution in [1.29, 1.82) is 0 Å². The monoisotopic (exact) mass is 798 g/mol. The molecule has 0 aliphatic carbocycles. The van der Waals surface area contributed by atoms with E-state index in [2.05, 4.69) is 67.0 Å². The van der Waals surface area contributed by atoms with Crippen molar-refractivity contribution in [2.45, 2.75) is 187 Å². The highest BCUT2D eigenvalue weighted by Crippen LogP contribution is 2.43. The Kier molecular flexibility index (Phi) is 36.5. The molecule has 11 nitrogen and oxygen atoms in total. The van der Waals surface area contributed by atoms with Crippen molar-refractivity contribution in [2.24, 2.45) is 5.73 Å². The lowest BCUT2D eigenvalue weighted by Crippen LogP contribution is -2.34. The third-order valence-electron chi connectivity index (χ3n) is 8.80. The van der Waals surface area contributed by atoms with Crippen molar-refractivity contribution in [3.63, 3.8) is 0 Å². The van der Waals surface area contributed by atoms with E-state index >= 15 is 0 Å². The van der Waals surface area contributed by atoms with Crippen molar-refractivity contribution in [2.75, 3.05) is 19.8 Å². The van der Waals surface area contributed by atoms with E-state index in [0.717, 1.165) is 83.5 Å². The molecule has 3 atom stereocenters. The molecule has 318 valence electrons. The van der Waals surface area contributed by atoms with Crippen LogP contribution in [0.2, 0.25) is 0 Å². The minimum absolute atomic E-state index is 0.145. The van der Waals surface area contributed by atoms with Crippen LogP contribution in [0.4, 0.5) is 0 Å². The average Bonchev–Trinajstić information content (AvgIpc) is 3.16. The lowest BCUT2D eigenvalue weighted by Gasteiger charge is -2.20. The Morgan fingerprint density at radius 1 is 0.564 bits per heavy atom. The van der Waals surface area contributed by atoms with Crippen molar-refractivity contribution in [3.05, 3.63) is 48.6 Å². The first kappa shape index (κ1) is 52.4. The molecule has 0 saturated carbocycles. The normalized spacial score (nSPS) is 14.3. The summed E-state index contributed by atoms with van der Waals surface area (Å²) in [5.41, 5.74) is 5.32. The summed E-state index contributed by atoms with van der Waals surface area (Å²) < 4.78 is 32.6. The third-order valence-corrected chi connectivity index (χ3v) is 9.75. The number of phosphoric acid groups is 1. The summed E-state index contributed by atoms with van der Waals surface area (Å²) in [5.74, 6) is -2.42. The maximum atomic E-state index is 12.6. The van der Waals surface area contributed by atoms with Crippen LogP contribution >= 0.6 is 7.82 Å². The molecule has 0 aromatic rings. The maximum Gasteiger partial charge on any atom is 0.472 e. The summed E-state index contributed by atoms with van der Waals surface area (Å²) >= 11 is 0. The molecule has 4 N–H and O–H groups in total. The van der Waals surface area contributed by atoms with Gasteiger partial charge in [-0.15, -0.1) is 0 Å². The standard InChI is InChI=1S/C43H76NO10P/c1-3-5-7-9-11-13-15-17-19-20-21-23-24-26-28-30-32-34-41(45)51-36-39(37-52-55(49,50)53-38-40(44)43(47)48)54-42(46)35-33-31-29-27-25-22-18-16-14-12-10-8-6-4-2/h11,13,16-19,21,23,39-40H,3-10,12,14-15,20,22,24-38,44H2,1-2H3,(H,47,48)(H,49,50)/b13-11-,18-16-,19-17-,23-21-/t39-,40+/m1/s1. The van der Waals surface area contributed by atoms with Gasteiger partial charge in [0.05, 0.1) is 13.2 Å². The zero-order valence-electron chi connectivity index (χ0n) is 34.3. The first-order chi connectivity index (χ1) is 26.6. The highest BCUT2D eigenvalue weighted by atomic mass is 31.2. The SMILES string of the molecule is CCCCC/C=C\C/C=C\C/C=C\CCCCCCC(=O)OC[C@H](COP(=O)(O)OC[C@H](N)C(=O)O)OC(=O)CCCCCCC/C=C\CCCCCCC. The van der Waals surface area contributed by atoms with Gasteiger partial charge in [0, 0.05) is 12.8 Å². The number of carbonyl (C=O) groups is 3. The zero-order valence-corrected chi connectivity index (χ0v) is 35.2. The number of rotatable bonds is 39. The summed E-state index contributed by atoms with van der Waals surface area (Å²) in [4.78, 5) is 45.9. The molecule has 0 aliphatic heterocycles. The molecule has 0 aromatic carbocycles. The van der Waals surface area contributed by atoms with Crippen LogP contribution in [-0.4, -0.2) is 59.9 Å². The van der Waals surface area contributed by atoms with E-state index < -0.39 is 51.1 Å². The summed E-state index contributed by atoms with van der Waals surface area (Å²) in [7, 11) is -4.72. The second-order valence-corrected chi connectivity index (χ2v) is 15.6. The lowest BCUT2D eigenvalue weighted by molar-refractivity contribution is -0.161. The molecular formula is C43H76NO10P. The first-order valence-electron chi connectivity index (χ1n) is 21.2. The quantitative estimate of drug-likeness (QED) is 0.0234. The Morgan fingerprint density at radius 3 is 1.49 bits per heavy atom. The van der Waals surface area contributed by atoms with Crippen LogP contribution in [0.15, 0.2) is 48.6 Å². The maximum absolute atomic E-state index is 12.6. The average molecular weight is 798 g/mol. The number of nitrogens with two attached hydrogens (primary N) is 1. The smallest absolute Gasteiger partial charge is 0.472 e. The van der Waals surface area contributed by atoms with E-state index in [9.17, 15) is 23.8 Å². The number of esters is 2. The van der Waals surface area contributed by atoms with Crippen LogP contribution < -0.4 is 5.73 Å². The number of ether oxygens (including phenoxy) is 2. The number of unbranched alkanes of at least 4 members (excludes halogenated alkanes) is 17. The van der Waals surface area contributed by atoms with Gasteiger partial charge in [0.1, 0.15) is 12.6 Å². The van der Waals surface area contributed by atoms with Gasteiger partial charge in [-0.1, -0.05) is 133 Å². The number of carboxylic acid groups (broad SMARTS) is 1. The number of carboxylic acids is 1. The van der Waals surface area contributed by atoms with Gasteiger partial charge in [0.15, 0.2) is 6.10 Å². The van der Waals surface area contributed by atoms with Crippen molar-refractivity contribution >= 4 is 25.7 Å². The summed E-state index contributed by atoms with van der Waals surface area (Å²) in [6.45, 7) is 2.72. The van der Waals surface area contributed by atoms with Crippen LogP contribution in [0.1, 0.15) is 174 Å². The Hall–Kier alpha value is -2.56. The predicted molar refractivity (Wildman–Crippen MR) is 222 cm³/mol. The number of phosphoric ester groups is 1. The van der Waals surface area contributed by atoms with Gasteiger partial charge in [-0.2, -0.15) is 0 Å². The first-order valence-corrected chi connectivity index (χ1v) is 22.7. The molecule has 0 amide bonds. The van der Waals surface area contributed by atoms with Crippen molar-refractivity contribution < 1.29 is 47.5 Å². The lowest BCUT2D eigenvalue weighted by atomic mass is 10.1. The molecule has 0 aliphatic rings. The van der Waals surface area contributed by atoms with Crippen LogP contribution in [0.25, 0.3) is 0 Å². The molecule has 0 saturated heterocycles. The number of allylic oxidation sites excluding steroid dienone is 8. The Morgan fingerprint density at radius 2 is 0.964 bits per heavy atom. The Balaban J connectivity index is 4.44. The molecular weight excluding hydrogens is 721 g/mol. The van der Waals surface area contributed by atoms with Gasteiger partial charge < -0.3 is 25.2 Å². The van der Waals surface area contributed by atoms with E-state index in [1.54, 1.807) is 0 Å². The van der Waals surface area contributed by atoms with Gasteiger partial charge in [-0.05, 0) is 77.0 Å². The van der Waals surface area contributed by atoms with E-state index in [1.807, 2.05) is 0 Å². The molecule has 0 rings (SSSR count). The van der Waals surface area contributed by atoms with Crippen molar-refractivity contribution in [1.82, 2.24) is 0 Å². The van der Waals surface area contributed by atoms with E-state index in [4.69, 9.17) is 24.8 Å².